The third-order valence-corrected chi connectivity index (χ3v) is 6.36. The van der Waals surface area contributed by atoms with E-state index in [1.165, 1.54) is 16.0 Å². The Hall–Kier alpha value is -2.92. The molecule has 2 heterocycles. The number of benzene rings is 2. The van der Waals surface area contributed by atoms with Crippen LogP contribution in [0.1, 0.15) is 35.6 Å². The van der Waals surface area contributed by atoms with Crippen LogP contribution in [0, 0.1) is 0 Å². The van der Waals surface area contributed by atoms with E-state index in [0.29, 0.717) is 10.7 Å². The highest BCUT2D eigenvalue weighted by Crippen LogP contribution is 2.34. The number of carbonyl (C=O) groups is 2. The van der Waals surface area contributed by atoms with Crippen molar-refractivity contribution in [2.24, 2.45) is 0 Å². The molecule has 0 unspecified atom stereocenters. The van der Waals surface area contributed by atoms with E-state index >= 15 is 0 Å². The number of para-hydroxylation sites is 1. The van der Waals surface area contributed by atoms with E-state index in [9.17, 15) is 9.59 Å². The molecule has 2 aromatic carbocycles. The van der Waals surface area contributed by atoms with E-state index in [0.717, 1.165) is 35.7 Å². The van der Waals surface area contributed by atoms with Crippen molar-refractivity contribution in [3.8, 4) is 0 Å². The van der Waals surface area contributed by atoms with Crippen molar-refractivity contribution in [3.63, 3.8) is 0 Å². The van der Waals surface area contributed by atoms with Gasteiger partial charge in [0.15, 0.2) is 0 Å². The second-order valence-corrected chi connectivity index (χ2v) is 8.27. The van der Waals surface area contributed by atoms with Crippen molar-refractivity contribution in [2.75, 3.05) is 0 Å². The Morgan fingerprint density at radius 2 is 1.90 bits per heavy atom. The lowest BCUT2D eigenvalue weighted by atomic mass is 9.89. The lowest BCUT2D eigenvalue weighted by molar-refractivity contribution is -0.131. The molecule has 1 N–H and O–H groups in total. The number of nitrogens with one attached hydrogen (secondary N) is 1. The molecule has 3 amide bonds. The average molecular weight is 406 g/mol. The molecule has 1 atom stereocenters. The van der Waals surface area contributed by atoms with Crippen LogP contribution in [0.2, 0.25) is 5.15 Å². The van der Waals surface area contributed by atoms with E-state index in [2.05, 4.69) is 22.4 Å². The molecule has 29 heavy (non-hydrogen) atoms. The summed E-state index contributed by atoms with van der Waals surface area (Å²) in [6, 6.07) is 15.2. The molecule has 1 aliphatic carbocycles. The predicted molar refractivity (Wildman–Crippen MR) is 112 cm³/mol. The van der Waals surface area contributed by atoms with E-state index in [1.807, 2.05) is 36.4 Å². The first kappa shape index (κ1) is 18.1. The third-order valence-electron chi connectivity index (χ3n) is 6.03. The van der Waals surface area contributed by atoms with Crippen LogP contribution in [0.3, 0.4) is 0 Å². The van der Waals surface area contributed by atoms with Crippen LogP contribution in [-0.2, 0) is 29.7 Å². The molecule has 1 aliphatic heterocycles. The molecule has 0 bridgehead atoms. The van der Waals surface area contributed by atoms with Crippen LogP contribution >= 0.6 is 11.6 Å². The molecule has 2 aliphatic rings. The summed E-state index contributed by atoms with van der Waals surface area (Å²) in [6.07, 6.45) is 3.23. The van der Waals surface area contributed by atoms with Crippen LogP contribution in [0.15, 0.2) is 48.5 Å². The molecule has 0 spiro atoms. The summed E-state index contributed by atoms with van der Waals surface area (Å²) in [5, 5.41) is 4.11. The Kier molecular flexibility index (Phi) is 4.10. The highest BCUT2D eigenvalue weighted by molar-refractivity contribution is 6.30. The normalized spacial score (nSPS) is 21.0. The number of hydrogen-bond acceptors (Lipinski definition) is 3. The largest absolute Gasteiger partial charge is 0.325 e. The minimum absolute atomic E-state index is 0.0852. The summed E-state index contributed by atoms with van der Waals surface area (Å²) in [5.74, 6) is -0.273. The monoisotopic (exact) mass is 405 g/mol. The summed E-state index contributed by atoms with van der Waals surface area (Å²) in [5.41, 5.74) is 3.77. The highest BCUT2D eigenvalue weighted by Gasteiger charge is 2.49. The Labute approximate surface area is 173 Å². The van der Waals surface area contributed by atoms with Gasteiger partial charge in [0.1, 0.15) is 10.7 Å². The lowest BCUT2D eigenvalue weighted by Crippen LogP contribution is -2.41. The second-order valence-electron chi connectivity index (χ2n) is 7.91. The zero-order valence-corrected chi connectivity index (χ0v) is 16.8. The van der Waals surface area contributed by atoms with Gasteiger partial charge in [0.05, 0.1) is 12.1 Å². The fraction of sp³-hybridized carbons (Fsp3) is 0.261. The molecule has 1 saturated heterocycles. The Morgan fingerprint density at radius 1 is 1.10 bits per heavy atom. The number of rotatable bonds is 3. The molecule has 5 rings (SSSR count). The molecule has 0 radical (unpaired) electrons. The van der Waals surface area contributed by atoms with Crippen molar-refractivity contribution < 1.29 is 9.59 Å². The lowest BCUT2D eigenvalue weighted by Gasteiger charge is -2.23. The fourth-order valence-electron chi connectivity index (χ4n) is 4.34. The number of nitrogens with zero attached hydrogens (tertiary/aromatic N) is 2. The number of urea groups is 1. The topological polar surface area (TPSA) is 62.3 Å². The van der Waals surface area contributed by atoms with Crippen LogP contribution in [0.25, 0.3) is 10.9 Å². The minimum atomic E-state index is -1.08. The first-order chi connectivity index (χ1) is 14.0. The Bertz CT molecular complexity index is 1180. The van der Waals surface area contributed by atoms with Gasteiger partial charge in [0, 0.05) is 10.9 Å². The first-order valence-corrected chi connectivity index (χ1v) is 10.1. The second kappa shape index (κ2) is 6.56. The van der Waals surface area contributed by atoms with Gasteiger partial charge in [-0.05, 0) is 55.0 Å². The number of imide groups is 1. The fourth-order valence-corrected chi connectivity index (χ4v) is 4.54. The maximum absolute atomic E-state index is 13.3. The summed E-state index contributed by atoms with van der Waals surface area (Å²) in [6.45, 7) is 1.85. The van der Waals surface area contributed by atoms with E-state index in [4.69, 9.17) is 11.6 Å². The van der Waals surface area contributed by atoms with Gasteiger partial charge in [0.25, 0.3) is 5.91 Å². The summed E-state index contributed by atoms with van der Waals surface area (Å²) < 4.78 is 0. The van der Waals surface area contributed by atoms with Crippen molar-refractivity contribution >= 4 is 34.4 Å². The third kappa shape index (κ3) is 2.88. The molecular weight excluding hydrogens is 386 g/mol. The zero-order chi connectivity index (χ0) is 20.2. The van der Waals surface area contributed by atoms with Crippen LogP contribution in [-0.4, -0.2) is 21.8 Å². The quantitative estimate of drug-likeness (QED) is 0.520. The number of fused-ring (bicyclic) bond motifs is 2. The summed E-state index contributed by atoms with van der Waals surface area (Å²) in [7, 11) is 0. The minimum Gasteiger partial charge on any atom is -0.319 e. The van der Waals surface area contributed by atoms with E-state index in [-0.39, 0.29) is 12.5 Å². The maximum Gasteiger partial charge on any atom is 0.325 e. The highest BCUT2D eigenvalue weighted by atomic mass is 35.5. The first-order valence-electron chi connectivity index (χ1n) is 9.76. The number of pyridine rings is 1. The molecule has 6 heteroatoms. The van der Waals surface area contributed by atoms with Gasteiger partial charge in [-0.2, -0.15) is 0 Å². The van der Waals surface area contributed by atoms with Gasteiger partial charge >= 0.3 is 6.03 Å². The molecule has 1 fully saturated rings. The van der Waals surface area contributed by atoms with Gasteiger partial charge < -0.3 is 5.32 Å². The van der Waals surface area contributed by atoms with Gasteiger partial charge in [-0.3, -0.25) is 9.69 Å². The van der Waals surface area contributed by atoms with Gasteiger partial charge in [-0.15, -0.1) is 0 Å². The molecule has 146 valence electrons. The predicted octanol–water partition coefficient (Wildman–Crippen LogP) is 4.34. The number of aryl methyl sites for hydroxylation is 2. The SMILES string of the molecule is C[C@@]1(c2ccc3c(c2)CCC3)NC(=O)N(Cc2cc3ccccc3nc2Cl)C1=O. The van der Waals surface area contributed by atoms with Crippen molar-refractivity contribution in [3.05, 3.63) is 75.9 Å². The van der Waals surface area contributed by atoms with E-state index in [1.54, 1.807) is 6.92 Å². The van der Waals surface area contributed by atoms with Crippen molar-refractivity contribution in [2.45, 2.75) is 38.3 Å². The smallest absolute Gasteiger partial charge is 0.319 e. The Morgan fingerprint density at radius 3 is 2.76 bits per heavy atom. The van der Waals surface area contributed by atoms with Crippen molar-refractivity contribution in [1.82, 2.24) is 15.2 Å². The molecule has 0 saturated carbocycles. The number of aromatic nitrogens is 1. The van der Waals surface area contributed by atoms with Gasteiger partial charge in [-0.25, -0.2) is 9.78 Å². The van der Waals surface area contributed by atoms with Crippen LogP contribution in [0.4, 0.5) is 4.79 Å². The van der Waals surface area contributed by atoms with Gasteiger partial charge in [-0.1, -0.05) is 48.0 Å². The molecule has 3 aromatic rings. The standard InChI is InChI=1S/C23H20ClN3O2/c1-23(18-10-9-14-6-4-7-15(14)12-18)21(28)27(22(29)26-23)13-17-11-16-5-2-3-8-19(16)25-20(17)24/h2-3,5,8-12H,4,6-7,13H2,1H3,(H,26,29)/t23-/m0/s1. The molecular formula is C23H20ClN3O2. The number of carbonyl (C=O) groups excluding carboxylic acids is 2. The molecule has 5 nitrogen and oxygen atoms in total. The average Bonchev–Trinajstić information content (AvgIpc) is 3.26. The Balaban J connectivity index is 1.47. The van der Waals surface area contributed by atoms with Crippen molar-refractivity contribution in [1.29, 1.82) is 0 Å². The summed E-state index contributed by atoms with van der Waals surface area (Å²) >= 11 is 6.35. The summed E-state index contributed by atoms with van der Waals surface area (Å²) in [4.78, 5) is 31.6. The van der Waals surface area contributed by atoms with Gasteiger partial charge in [0.2, 0.25) is 0 Å². The number of hydrogen-bond donors (Lipinski definition) is 1. The molecule has 1 aromatic heterocycles. The number of halogens is 1. The maximum atomic E-state index is 13.3. The van der Waals surface area contributed by atoms with Crippen LogP contribution < -0.4 is 5.32 Å². The van der Waals surface area contributed by atoms with E-state index < -0.39 is 11.6 Å². The van der Waals surface area contributed by atoms with Crippen LogP contribution in [0.5, 0.6) is 0 Å². The number of amides is 3. The zero-order valence-electron chi connectivity index (χ0n) is 16.0.